The molecule has 0 saturated carbocycles. The van der Waals surface area contributed by atoms with Gasteiger partial charge in [0.25, 0.3) is 0 Å². The first-order valence-corrected chi connectivity index (χ1v) is 10.8. The Balaban J connectivity index is 1.64. The summed E-state index contributed by atoms with van der Waals surface area (Å²) in [6, 6.07) is 24.1. The number of hydrogen-bond donors (Lipinski definition) is 0. The van der Waals surface area contributed by atoms with Gasteiger partial charge in [-0.25, -0.2) is 19.9 Å². The minimum atomic E-state index is 0.853. The Labute approximate surface area is 189 Å². The van der Waals surface area contributed by atoms with E-state index in [2.05, 4.69) is 91.6 Å². The second-order valence-electron chi connectivity index (χ2n) is 8.10. The van der Waals surface area contributed by atoms with Crippen molar-refractivity contribution >= 4 is 60.2 Å². The molecule has 2 aromatic heterocycles. The van der Waals surface area contributed by atoms with E-state index in [9.17, 15) is 0 Å². The van der Waals surface area contributed by atoms with Crippen molar-refractivity contribution < 1.29 is 0 Å². The molecule has 0 aliphatic carbocycles. The predicted molar refractivity (Wildman–Crippen MR) is 134 cm³/mol. The Morgan fingerprint density at radius 2 is 0.939 bits per heavy atom. The first-order valence-electron chi connectivity index (χ1n) is 10.8. The zero-order valence-corrected chi connectivity index (χ0v) is 17.6. The van der Waals surface area contributed by atoms with Gasteiger partial charge in [-0.15, -0.1) is 0 Å². The van der Waals surface area contributed by atoms with Crippen LogP contribution in [-0.4, -0.2) is 19.9 Å². The lowest BCUT2D eigenvalue weighted by Gasteiger charge is -2.26. The van der Waals surface area contributed by atoms with E-state index in [0.717, 1.165) is 22.4 Å². The van der Waals surface area contributed by atoms with E-state index in [4.69, 9.17) is 0 Å². The van der Waals surface area contributed by atoms with Crippen LogP contribution in [0, 0.1) is 0 Å². The van der Waals surface area contributed by atoms with E-state index >= 15 is 0 Å². The third-order valence-electron chi connectivity index (χ3n) is 6.35. The minimum Gasteiger partial charge on any atom is -0.304 e. The molecule has 0 amide bonds. The molecule has 5 nitrogen and oxygen atoms in total. The highest BCUT2D eigenvalue weighted by Gasteiger charge is 2.20. The monoisotopic (exact) mass is 423 g/mol. The molecule has 33 heavy (non-hydrogen) atoms. The maximum absolute atomic E-state index is 4.26. The van der Waals surface area contributed by atoms with Crippen molar-refractivity contribution in [3.05, 3.63) is 104 Å². The summed E-state index contributed by atoms with van der Waals surface area (Å²) in [4.78, 5) is 19.2. The van der Waals surface area contributed by atoms with Crippen molar-refractivity contribution in [3.63, 3.8) is 0 Å². The average molecular weight is 423 g/mol. The topological polar surface area (TPSA) is 54.8 Å². The molecule has 0 aliphatic rings. The largest absolute Gasteiger partial charge is 0.304 e. The lowest BCUT2D eigenvalue weighted by Crippen LogP contribution is -2.11. The number of anilines is 3. The van der Waals surface area contributed by atoms with Crippen LogP contribution in [0.5, 0.6) is 0 Å². The summed E-state index contributed by atoms with van der Waals surface area (Å²) >= 11 is 0. The smallest absolute Gasteiger partial charge is 0.115 e. The summed E-state index contributed by atoms with van der Waals surface area (Å²) in [7, 11) is 0. The Morgan fingerprint density at radius 3 is 1.55 bits per heavy atom. The van der Waals surface area contributed by atoms with Crippen LogP contribution < -0.4 is 4.90 Å². The van der Waals surface area contributed by atoms with Gasteiger partial charge in [-0.05, 0) is 43.8 Å². The summed E-state index contributed by atoms with van der Waals surface area (Å²) in [6.07, 6.45) is 10.3. The molecule has 0 unspecified atom stereocenters. The van der Waals surface area contributed by atoms with Crippen molar-refractivity contribution in [2.24, 2.45) is 0 Å². The number of hydrogen-bond acceptors (Lipinski definition) is 5. The van der Waals surface area contributed by atoms with Crippen molar-refractivity contribution in [1.82, 2.24) is 19.9 Å². The molecule has 7 rings (SSSR count). The molecule has 0 aliphatic heterocycles. The fraction of sp³-hybridized carbons (Fsp3) is 0. The number of rotatable bonds is 3. The summed E-state index contributed by atoms with van der Waals surface area (Å²) in [5.74, 6) is 0. The zero-order chi connectivity index (χ0) is 21.8. The second kappa shape index (κ2) is 6.93. The molecule has 0 radical (unpaired) electrons. The molecule has 0 bridgehead atoms. The van der Waals surface area contributed by atoms with Gasteiger partial charge < -0.3 is 4.90 Å². The molecule has 0 atom stereocenters. The van der Waals surface area contributed by atoms with E-state index in [1.807, 2.05) is 24.8 Å². The Kier molecular flexibility index (Phi) is 3.78. The lowest BCUT2D eigenvalue weighted by molar-refractivity contribution is 1.10. The highest BCUT2D eigenvalue weighted by molar-refractivity contribution is 6.34. The van der Waals surface area contributed by atoms with Gasteiger partial charge in [0, 0.05) is 5.39 Å². The summed E-state index contributed by atoms with van der Waals surface area (Å²) < 4.78 is 0. The maximum Gasteiger partial charge on any atom is 0.115 e. The van der Waals surface area contributed by atoms with E-state index in [0.29, 0.717) is 0 Å². The molecule has 5 aromatic carbocycles. The third kappa shape index (κ3) is 2.59. The minimum absolute atomic E-state index is 0.853. The van der Waals surface area contributed by atoms with Gasteiger partial charge in [-0.3, -0.25) is 0 Å². The van der Waals surface area contributed by atoms with Crippen LogP contribution in [0.15, 0.2) is 104 Å². The van der Waals surface area contributed by atoms with E-state index in [1.165, 1.54) is 37.7 Å². The molecule has 0 saturated heterocycles. The van der Waals surface area contributed by atoms with Gasteiger partial charge in [-0.1, -0.05) is 60.7 Å². The molecule has 5 heteroatoms. The fourth-order valence-electron chi connectivity index (χ4n) is 5.07. The normalized spacial score (nSPS) is 11.6. The van der Waals surface area contributed by atoms with Crippen LogP contribution >= 0.6 is 0 Å². The van der Waals surface area contributed by atoms with Crippen molar-refractivity contribution in [2.45, 2.75) is 0 Å². The van der Waals surface area contributed by atoms with E-state index in [-0.39, 0.29) is 0 Å². The van der Waals surface area contributed by atoms with Gasteiger partial charge in [0.15, 0.2) is 0 Å². The first-order chi connectivity index (χ1) is 16.4. The predicted octanol–water partition coefficient (Wildman–Crippen LogP) is 6.79. The van der Waals surface area contributed by atoms with Crippen LogP contribution in [-0.2, 0) is 0 Å². The standard InChI is InChI=1S/C28H17N5/c1-4-18-5-2-7-22-24-10-11-26(25-9-3-8-23(28(24)25)21(6-1)27(18)22)33(19-12-29-16-30-13-19)20-14-31-17-32-15-20/h1-17H. The molecular weight excluding hydrogens is 406 g/mol. The Hall–Kier alpha value is -4.64. The van der Waals surface area contributed by atoms with Crippen molar-refractivity contribution in [2.75, 3.05) is 4.90 Å². The Morgan fingerprint density at radius 1 is 0.455 bits per heavy atom. The van der Waals surface area contributed by atoms with E-state index < -0.39 is 0 Å². The average Bonchev–Trinajstić information content (AvgIpc) is 2.89. The highest BCUT2D eigenvalue weighted by atomic mass is 15.2. The van der Waals surface area contributed by atoms with Crippen molar-refractivity contribution in [3.8, 4) is 0 Å². The summed E-state index contributed by atoms with van der Waals surface area (Å²) in [6.45, 7) is 0. The van der Waals surface area contributed by atoms with Crippen LogP contribution in [0.25, 0.3) is 43.1 Å². The van der Waals surface area contributed by atoms with Crippen LogP contribution in [0.2, 0.25) is 0 Å². The van der Waals surface area contributed by atoms with Crippen LogP contribution in [0.4, 0.5) is 17.1 Å². The van der Waals surface area contributed by atoms with Gasteiger partial charge >= 0.3 is 0 Å². The van der Waals surface area contributed by atoms with Gasteiger partial charge in [0.1, 0.15) is 12.7 Å². The molecule has 7 aromatic rings. The van der Waals surface area contributed by atoms with Gasteiger partial charge in [0.05, 0.1) is 41.8 Å². The van der Waals surface area contributed by atoms with Gasteiger partial charge in [-0.2, -0.15) is 0 Å². The van der Waals surface area contributed by atoms with Crippen LogP contribution in [0.3, 0.4) is 0 Å². The molecule has 0 spiro atoms. The zero-order valence-electron chi connectivity index (χ0n) is 17.6. The van der Waals surface area contributed by atoms with Crippen molar-refractivity contribution in [1.29, 1.82) is 0 Å². The lowest BCUT2D eigenvalue weighted by atomic mass is 9.89. The van der Waals surface area contributed by atoms with Gasteiger partial charge in [0.2, 0.25) is 0 Å². The number of benzene rings is 5. The number of fused-ring (bicyclic) bond motifs is 2. The number of nitrogens with zero attached hydrogens (tertiary/aromatic N) is 5. The Bertz CT molecular complexity index is 1670. The maximum atomic E-state index is 4.26. The quantitative estimate of drug-likeness (QED) is 0.231. The molecule has 0 N–H and O–H groups in total. The van der Waals surface area contributed by atoms with E-state index in [1.54, 1.807) is 12.7 Å². The second-order valence-corrected chi connectivity index (χ2v) is 8.10. The summed E-state index contributed by atoms with van der Waals surface area (Å²) in [5, 5.41) is 10.0. The molecule has 154 valence electrons. The molecular formula is C28H17N5. The molecule has 0 fully saturated rings. The number of aromatic nitrogens is 4. The van der Waals surface area contributed by atoms with Crippen LogP contribution in [0.1, 0.15) is 0 Å². The summed E-state index contributed by atoms with van der Waals surface area (Å²) in [5.41, 5.74) is 2.74. The third-order valence-corrected chi connectivity index (χ3v) is 6.35. The molecule has 2 heterocycles. The SMILES string of the molecule is c1cc2cccc3c4ccc(N(c5cncnc5)c5cncnc5)c5cccc(c(c1)c23)c54. The first kappa shape index (κ1) is 18.0. The fourth-order valence-corrected chi connectivity index (χ4v) is 5.07. The highest BCUT2D eigenvalue weighted by Crippen LogP contribution is 2.45.